The van der Waals surface area contributed by atoms with Gasteiger partial charge in [0.2, 0.25) is 0 Å². The summed E-state index contributed by atoms with van der Waals surface area (Å²) in [6.07, 6.45) is 3.57. The second-order valence-corrected chi connectivity index (χ2v) is 4.93. The van der Waals surface area contributed by atoms with Crippen molar-refractivity contribution < 1.29 is 4.79 Å². The molecule has 0 saturated carbocycles. The third kappa shape index (κ3) is 2.25. The summed E-state index contributed by atoms with van der Waals surface area (Å²) in [5.41, 5.74) is 1.44. The SMILES string of the molecule is CSc1ncccc1C(=O)Nc1n[nH]c2ccccc12. The van der Waals surface area contributed by atoms with E-state index >= 15 is 0 Å². The maximum atomic E-state index is 12.3. The van der Waals surface area contributed by atoms with Crippen molar-refractivity contribution in [2.45, 2.75) is 5.03 Å². The van der Waals surface area contributed by atoms with Gasteiger partial charge in [0.05, 0.1) is 11.1 Å². The van der Waals surface area contributed by atoms with Crippen LogP contribution in [-0.2, 0) is 0 Å². The number of para-hydroxylation sites is 1. The highest BCUT2D eigenvalue weighted by Crippen LogP contribution is 2.22. The van der Waals surface area contributed by atoms with Gasteiger partial charge in [0.25, 0.3) is 5.91 Å². The lowest BCUT2D eigenvalue weighted by molar-refractivity contribution is 0.102. The van der Waals surface area contributed by atoms with Crippen molar-refractivity contribution in [3.05, 3.63) is 48.2 Å². The van der Waals surface area contributed by atoms with Crippen molar-refractivity contribution >= 4 is 34.4 Å². The zero-order valence-corrected chi connectivity index (χ0v) is 11.6. The maximum Gasteiger partial charge on any atom is 0.259 e. The highest BCUT2D eigenvalue weighted by atomic mass is 32.2. The fourth-order valence-corrected chi connectivity index (χ4v) is 2.51. The number of carbonyl (C=O) groups is 1. The summed E-state index contributed by atoms with van der Waals surface area (Å²) in [4.78, 5) is 16.5. The normalized spacial score (nSPS) is 10.7. The van der Waals surface area contributed by atoms with Gasteiger partial charge in [-0.2, -0.15) is 5.10 Å². The van der Waals surface area contributed by atoms with Crippen LogP contribution in [0.3, 0.4) is 0 Å². The summed E-state index contributed by atoms with van der Waals surface area (Å²) >= 11 is 1.44. The van der Waals surface area contributed by atoms with Crippen LogP contribution in [0.5, 0.6) is 0 Å². The number of nitrogens with one attached hydrogen (secondary N) is 2. The van der Waals surface area contributed by atoms with Gasteiger partial charge in [-0.3, -0.25) is 9.89 Å². The Bertz CT molecular complexity index is 768. The van der Waals surface area contributed by atoms with Crippen LogP contribution < -0.4 is 5.32 Å². The molecule has 3 aromatic rings. The summed E-state index contributed by atoms with van der Waals surface area (Å²) < 4.78 is 0. The number of benzene rings is 1. The highest BCUT2D eigenvalue weighted by Gasteiger charge is 2.14. The molecule has 2 aromatic heterocycles. The van der Waals surface area contributed by atoms with Crippen molar-refractivity contribution in [3.8, 4) is 0 Å². The summed E-state index contributed by atoms with van der Waals surface area (Å²) in [6.45, 7) is 0. The molecule has 0 aliphatic rings. The van der Waals surface area contributed by atoms with Crippen LogP contribution in [0.2, 0.25) is 0 Å². The molecule has 0 bridgehead atoms. The maximum absolute atomic E-state index is 12.3. The minimum absolute atomic E-state index is 0.209. The number of rotatable bonds is 3. The van der Waals surface area contributed by atoms with E-state index < -0.39 is 0 Å². The Hall–Kier alpha value is -2.34. The number of aromatic nitrogens is 3. The quantitative estimate of drug-likeness (QED) is 0.725. The molecule has 0 aliphatic heterocycles. The molecule has 2 N–H and O–H groups in total. The number of nitrogens with zero attached hydrogens (tertiary/aromatic N) is 2. The number of aromatic amines is 1. The average molecular weight is 284 g/mol. The van der Waals surface area contributed by atoms with Gasteiger partial charge in [-0.15, -0.1) is 11.8 Å². The third-order valence-corrected chi connectivity index (χ3v) is 3.62. The molecule has 0 spiro atoms. The van der Waals surface area contributed by atoms with Gasteiger partial charge in [0.15, 0.2) is 5.82 Å². The molecule has 0 atom stereocenters. The lowest BCUT2D eigenvalue weighted by Gasteiger charge is -2.05. The van der Waals surface area contributed by atoms with Crippen LogP contribution in [0.15, 0.2) is 47.6 Å². The molecule has 1 aromatic carbocycles. The van der Waals surface area contributed by atoms with Gasteiger partial charge >= 0.3 is 0 Å². The third-order valence-electron chi connectivity index (χ3n) is 2.91. The van der Waals surface area contributed by atoms with E-state index in [-0.39, 0.29) is 5.91 Å². The van der Waals surface area contributed by atoms with Crippen LogP contribution in [0.4, 0.5) is 5.82 Å². The number of amides is 1. The first-order valence-electron chi connectivity index (χ1n) is 6.03. The number of carbonyl (C=O) groups excluding carboxylic acids is 1. The van der Waals surface area contributed by atoms with Crippen molar-refractivity contribution in [1.29, 1.82) is 0 Å². The Morgan fingerprint density at radius 3 is 2.95 bits per heavy atom. The number of hydrogen-bond donors (Lipinski definition) is 2. The Balaban J connectivity index is 1.93. The Morgan fingerprint density at radius 2 is 2.10 bits per heavy atom. The molecule has 0 saturated heterocycles. The summed E-state index contributed by atoms with van der Waals surface area (Å²) in [5.74, 6) is 0.321. The molecule has 20 heavy (non-hydrogen) atoms. The largest absolute Gasteiger partial charge is 0.304 e. The summed E-state index contributed by atoms with van der Waals surface area (Å²) in [6, 6.07) is 11.1. The van der Waals surface area contributed by atoms with Crippen LogP contribution in [-0.4, -0.2) is 27.3 Å². The second-order valence-electron chi connectivity index (χ2n) is 4.13. The molecule has 5 nitrogen and oxygen atoms in total. The molecule has 1 amide bonds. The number of thioether (sulfide) groups is 1. The first-order chi connectivity index (χ1) is 9.79. The topological polar surface area (TPSA) is 70.7 Å². The van der Waals surface area contributed by atoms with E-state index in [9.17, 15) is 4.79 Å². The second kappa shape index (κ2) is 5.34. The van der Waals surface area contributed by atoms with Gasteiger partial charge in [-0.1, -0.05) is 12.1 Å². The van der Waals surface area contributed by atoms with E-state index in [1.807, 2.05) is 30.5 Å². The van der Waals surface area contributed by atoms with Gasteiger partial charge in [0.1, 0.15) is 5.03 Å². The van der Waals surface area contributed by atoms with Crippen LogP contribution in [0.1, 0.15) is 10.4 Å². The summed E-state index contributed by atoms with van der Waals surface area (Å²) in [5, 5.41) is 11.4. The Kier molecular flexibility index (Phi) is 3.39. The van der Waals surface area contributed by atoms with Gasteiger partial charge < -0.3 is 5.32 Å². The van der Waals surface area contributed by atoms with E-state index in [2.05, 4.69) is 20.5 Å². The summed E-state index contributed by atoms with van der Waals surface area (Å²) in [7, 11) is 0. The molecule has 0 radical (unpaired) electrons. The van der Waals surface area contributed by atoms with Gasteiger partial charge in [-0.05, 0) is 30.5 Å². The lowest BCUT2D eigenvalue weighted by atomic mass is 10.2. The van der Waals surface area contributed by atoms with Crippen LogP contribution in [0, 0.1) is 0 Å². The molecule has 0 aliphatic carbocycles. The lowest BCUT2D eigenvalue weighted by Crippen LogP contribution is -2.14. The minimum Gasteiger partial charge on any atom is -0.304 e. The Morgan fingerprint density at radius 1 is 1.25 bits per heavy atom. The first-order valence-corrected chi connectivity index (χ1v) is 7.25. The van der Waals surface area contributed by atoms with Crippen LogP contribution in [0.25, 0.3) is 10.9 Å². The van der Waals surface area contributed by atoms with Crippen molar-refractivity contribution in [1.82, 2.24) is 15.2 Å². The van der Waals surface area contributed by atoms with Crippen molar-refractivity contribution in [2.24, 2.45) is 0 Å². The molecule has 2 heterocycles. The standard InChI is InChI=1S/C14H12N4OS/c1-20-14-10(6-4-8-15-14)13(19)16-12-9-5-2-3-7-11(9)17-18-12/h2-8H,1H3,(H2,16,17,18,19). The smallest absolute Gasteiger partial charge is 0.259 e. The number of hydrogen-bond acceptors (Lipinski definition) is 4. The van der Waals surface area contributed by atoms with E-state index in [4.69, 9.17) is 0 Å². The zero-order chi connectivity index (χ0) is 13.9. The minimum atomic E-state index is -0.209. The number of fused-ring (bicyclic) bond motifs is 1. The molecular weight excluding hydrogens is 272 g/mol. The van der Waals surface area contributed by atoms with Crippen molar-refractivity contribution in [2.75, 3.05) is 11.6 Å². The fourth-order valence-electron chi connectivity index (χ4n) is 1.96. The monoisotopic (exact) mass is 284 g/mol. The number of H-pyrrole nitrogens is 1. The predicted octanol–water partition coefficient (Wildman–Crippen LogP) is 2.93. The average Bonchev–Trinajstić information content (AvgIpc) is 2.90. The van der Waals surface area contributed by atoms with E-state index in [0.29, 0.717) is 16.4 Å². The van der Waals surface area contributed by atoms with Gasteiger partial charge in [-0.25, -0.2) is 4.98 Å². The van der Waals surface area contributed by atoms with Crippen LogP contribution >= 0.6 is 11.8 Å². The van der Waals surface area contributed by atoms with E-state index in [1.165, 1.54) is 11.8 Å². The molecule has 0 unspecified atom stereocenters. The zero-order valence-electron chi connectivity index (χ0n) is 10.8. The van der Waals surface area contributed by atoms with Crippen molar-refractivity contribution in [3.63, 3.8) is 0 Å². The predicted molar refractivity (Wildman–Crippen MR) is 80.1 cm³/mol. The fraction of sp³-hybridized carbons (Fsp3) is 0.0714. The first kappa shape index (κ1) is 12.7. The molecular formula is C14H12N4OS. The number of anilines is 1. The van der Waals surface area contributed by atoms with E-state index in [0.717, 1.165) is 10.9 Å². The molecule has 100 valence electrons. The van der Waals surface area contributed by atoms with Gasteiger partial charge in [0, 0.05) is 11.6 Å². The van der Waals surface area contributed by atoms with E-state index in [1.54, 1.807) is 18.3 Å². The highest BCUT2D eigenvalue weighted by molar-refractivity contribution is 7.98. The molecule has 0 fully saturated rings. The molecule has 3 rings (SSSR count). The molecule has 6 heteroatoms. The number of pyridine rings is 1. The Labute approximate surface area is 119 Å².